The fraction of sp³-hybridized carbons (Fsp3) is 0.278. The molecule has 154 valence electrons. The first kappa shape index (κ1) is 20.5. The highest BCUT2D eigenvalue weighted by molar-refractivity contribution is 5.74. The Morgan fingerprint density at radius 2 is 1.86 bits per heavy atom. The molecule has 0 aliphatic carbocycles. The van der Waals surface area contributed by atoms with Crippen LogP contribution in [0.2, 0.25) is 0 Å². The van der Waals surface area contributed by atoms with Gasteiger partial charge in [0, 0.05) is 7.05 Å². The van der Waals surface area contributed by atoms with Crippen LogP contribution in [0.3, 0.4) is 0 Å². The number of pyridine rings is 1. The third kappa shape index (κ3) is 4.14. The van der Waals surface area contributed by atoms with Crippen LogP contribution in [0.1, 0.15) is 5.69 Å². The van der Waals surface area contributed by atoms with Crippen LogP contribution < -0.4 is 16.0 Å². The lowest BCUT2D eigenvalue weighted by Crippen LogP contribution is -2.43. The van der Waals surface area contributed by atoms with Gasteiger partial charge in [-0.3, -0.25) is 13.9 Å². The van der Waals surface area contributed by atoms with Gasteiger partial charge in [0.05, 0.1) is 11.9 Å². The predicted molar refractivity (Wildman–Crippen MR) is 94.1 cm³/mol. The summed E-state index contributed by atoms with van der Waals surface area (Å²) in [5.74, 6) is -0.765. The molecule has 0 amide bonds. The van der Waals surface area contributed by atoms with Crippen molar-refractivity contribution in [2.24, 2.45) is 7.05 Å². The molecule has 0 saturated heterocycles. The first-order valence-corrected chi connectivity index (χ1v) is 8.32. The van der Waals surface area contributed by atoms with Crippen LogP contribution >= 0.6 is 0 Å². The van der Waals surface area contributed by atoms with Crippen molar-refractivity contribution in [3.05, 3.63) is 68.7 Å². The number of aryl methyl sites for hydroxylation is 1. The van der Waals surface area contributed by atoms with E-state index in [1.807, 2.05) is 0 Å². The van der Waals surface area contributed by atoms with Crippen LogP contribution in [-0.2, 0) is 19.8 Å². The maximum Gasteiger partial charge on any atom is 0.433 e. The van der Waals surface area contributed by atoms with E-state index in [0.29, 0.717) is 10.6 Å². The molecule has 0 bridgehead atoms. The Balaban J connectivity index is 1.91. The number of aliphatic hydroxyl groups excluding tert-OH is 1. The summed E-state index contributed by atoms with van der Waals surface area (Å²) >= 11 is 0. The lowest BCUT2D eigenvalue weighted by atomic mass is 10.2. The second-order valence-electron chi connectivity index (χ2n) is 6.22. The van der Waals surface area contributed by atoms with Gasteiger partial charge in [0.2, 0.25) is 0 Å². The number of ether oxygens (including phenoxy) is 1. The number of alkyl halides is 3. The number of para-hydroxylation sites is 1. The van der Waals surface area contributed by atoms with Gasteiger partial charge < -0.3 is 9.84 Å². The number of aromatic nitrogens is 3. The maximum atomic E-state index is 13.5. The molecule has 1 aromatic carbocycles. The zero-order chi connectivity index (χ0) is 21.3. The lowest BCUT2D eigenvalue weighted by molar-refractivity contribution is -0.141. The lowest BCUT2D eigenvalue weighted by Gasteiger charge is -2.16. The molecule has 2 heterocycles. The molecule has 3 aromatic rings. The van der Waals surface area contributed by atoms with E-state index in [9.17, 15) is 32.3 Å². The zero-order valence-corrected chi connectivity index (χ0v) is 15.0. The van der Waals surface area contributed by atoms with Gasteiger partial charge in [-0.1, -0.05) is 12.1 Å². The SMILES string of the molecule is Cn1c(=O)n(C[C@H](O)COc2ccccc2F)c(=O)c2ccc(C(F)(F)F)nc21. The van der Waals surface area contributed by atoms with Gasteiger partial charge in [-0.2, -0.15) is 13.2 Å². The Kier molecular flexibility index (Phi) is 5.42. The van der Waals surface area contributed by atoms with Gasteiger partial charge in [-0.05, 0) is 24.3 Å². The predicted octanol–water partition coefficient (Wildman–Crippen LogP) is 1.69. The Labute approximate surface area is 160 Å². The fourth-order valence-corrected chi connectivity index (χ4v) is 2.71. The molecule has 11 heteroatoms. The first-order valence-electron chi connectivity index (χ1n) is 8.32. The van der Waals surface area contributed by atoms with Crippen molar-refractivity contribution in [2.45, 2.75) is 18.8 Å². The number of nitrogens with zero attached hydrogens (tertiary/aromatic N) is 3. The van der Waals surface area contributed by atoms with Crippen LogP contribution in [0.15, 0.2) is 46.0 Å². The number of aliphatic hydroxyl groups is 1. The van der Waals surface area contributed by atoms with E-state index in [1.165, 1.54) is 18.2 Å². The Morgan fingerprint density at radius 1 is 1.17 bits per heavy atom. The van der Waals surface area contributed by atoms with Gasteiger partial charge >= 0.3 is 11.9 Å². The molecular formula is C18H15F4N3O4. The second-order valence-corrected chi connectivity index (χ2v) is 6.22. The smallest absolute Gasteiger partial charge is 0.433 e. The van der Waals surface area contributed by atoms with Crippen molar-refractivity contribution in [1.82, 2.24) is 14.1 Å². The van der Waals surface area contributed by atoms with E-state index in [4.69, 9.17) is 4.74 Å². The minimum Gasteiger partial charge on any atom is -0.488 e. The van der Waals surface area contributed by atoms with Crippen molar-refractivity contribution >= 4 is 11.0 Å². The molecule has 29 heavy (non-hydrogen) atoms. The van der Waals surface area contributed by atoms with E-state index >= 15 is 0 Å². The van der Waals surface area contributed by atoms with Crippen molar-refractivity contribution in [3.8, 4) is 5.75 Å². The van der Waals surface area contributed by atoms with Crippen molar-refractivity contribution in [2.75, 3.05) is 6.61 Å². The summed E-state index contributed by atoms with van der Waals surface area (Å²) in [6.45, 7) is -0.920. The van der Waals surface area contributed by atoms with E-state index in [-0.39, 0.29) is 11.1 Å². The minimum atomic E-state index is -4.74. The molecule has 0 spiro atoms. The Hall–Kier alpha value is -3.21. The Bertz CT molecular complexity index is 1170. The van der Waals surface area contributed by atoms with Gasteiger partial charge in [0.1, 0.15) is 24.1 Å². The first-order chi connectivity index (χ1) is 13.6. The largest absolute Gasteiger partial charge is 0.488 e. The normalized spacial score (nSPS) is 12.9. The van der Waals surface area contributed by atoms with E-state index < -0.39 is 53.8 Å². The standard InChI is InChI=1S/C18H15F4N3O4/c1-24-15-11(6-7-14(23-15)18(20,21)22)16(27)25(17(24)28)8-10(26)9-29-13-5-3-2-4-12(13)19/h2-7,10,26H,8-9H2,1H3/t10-/m0/s1. The summed E-state index contributed by atoms with van der Waals surface area (Å²) in [6.07, 6.45) is -6.10. The van der Waals surface area contributed by atoms with Crippen LogP contribution in [0, 0.1) is 5.82 Å². The summed E-state index contributed by atoms with van der Waals surface area (Å²) in [5, 5.41) is 9.88. The van der Waals surface area contributed by atoms with Gasteiger partial charge in [0.15, 0.2) is 11.6 Å². The van der Waals surface area contributed by atoms with E-state index in [0.717, 1.165) is 23.7 Å². The second kappa shape index (κ2) is 7.66. The highest BCUT2D eigenvalue weighted by Gasteiger charge is 2.33. The van der Waals surface area contributed by atoms with Gasteiger partial charge in [-0.15, -0.1) is 0 Å². The van der Waals surface area contributed by atoms with Crippen LogP contribution in [0.25, 0.3) is 11.0 Å². The number of hydrogen-bond donors (Lipinski definition) is 1. The molecule has 0 radical (unpaired) electrons. The number of rotatable bonds is 5. The third-order valence-electron chi connectivity index (χ3n) is 4.14. The highest BCUT2D eigenvalue weighted by Crippen LogP contribution is 2.28. The van der Waals surface area contributed by atoms with Crippen molar-refractivity contribution in [3.63, 3.8) is 0 Å². The number of fused-ring (bicyclic) bond motifs is 1. The number of hydrogen-bond acceptors (Lipinski definition) is 5. The average molecular weight is 413 g/mol. The number of halogens is 4. The summed E-state index contributed by atoms with van der Waals surface area (Å²) in [6, 6.07) is 7.04. The summed E-state index contributed by atoms with van der Waals surface area (Å²) in [7, 11) is 1.16. The minimum absolute atomic E-state index is 0.116. The fourth-order valence-electron chi connectivity index (χ4n) is 2.71. The molecule has 0 fully saturated rings. The monoisotopic (exact) mass is 413 g/mol. The van der Waals surface area contributed by atoms with Crippen LogP contribution in [-0.4, -0.2) is 31.9 Å². The molecular weight excluding hydrogens is 398 g/mol. The molecule has 0 aliphatic rings. The molecule has 0 aliphatic heterocycles. The Morgan fingerprint density at radius 3 is 2.52 bits per heavy atom. The molecule has 0 saturated carbocycles. The molecule has 1 N–H and O–H groups in total. The van der Waals surface area contributed by atoms with Gasteiger partial charge in [-0.25, -0.2) is 14.2 Å². The zero-order valence-electron chi connectivity index (χ0n) is 15.0. The molecule has 2 aromatic heterocycles. The highest BCUT2D eigenvalue weighted by atomic mass is 19.4. The van der Waals surface area contributed by atoms with Crippen LogP contribution in [0.4, 0.5) is 17.6 Å². The molecule has 7 nitrogen and oxygen atoms in total. The molecule has 3 rings (SSSR count). The van der Waals surface area contributed by atoms with Crippen LogP contribution in [0.5, 0.6) is 5.75 Å². The average Bonchev–Trinajstić information content (AvgIpc) is 2.67. The summed E-state index contributed by atoms with van der Waals surface area (Å²) in [5.41, 5.74) is -3.54. The summed E-state index contributed by atoms with van der Waals surface area (Å²) < 4.78 is 58.7. The molecule has 1 atom stereocenters. The van der Waals surface area contributed by atoms with Crippen molar-refractivity contribution < 1.29 is 27.4 Å². The van der Waals surface area contributed by atoms with E-state index in [2.05, 4.69) is 4.98 Å². The maximum absolute atomic E-state index is 13.5. The van der Waals surface area contributed by atoms with Gasteiger partial charge in [0.25, 0.3) is 5.56 Å². The molecule has 0 unspecified atom stereocenters. The van der Waals surface area contributed by atoms with Crippen molar-refractivity contribution in [1.29, 1.82) is 0 Å². The topological polar surface area (TPSA) is 86.4 Å². The number of benzene rings is 1. The quantitative estimate of drug-likeness (QED) is 0.644. The van der Waals surface area contributed by atoms with E-state index in [1.54, 1.807) is 0 Å². The summed E-state index contributed by atoms with van der Waals surface area (Å²) in [4.78, 5) is 28.3. The third-order valence-corrected chi connectivity index (χ3v) is 4.14.